The number of hydrogen-bond acceptors (Lipinski definition) is 4. The number of hydrogen-bond donors (Lipinski definition) is 1. The van der Waals surface area contributed by atoms with E-state index in [-0.39, 0.29) is 0 Å². The third-order valence-corrected chi connectivity index (χ3v) is 3.84. The van der Waals surface area contributed by atoms with E-state index in [1.165, 1.54) is 0 Å². The second-order valence-corrected chi connectivity index (χ2v) is 5.53. The van der Waals surface area contributed by atoms with Gasteiger partial charge in [0.15, 0.2) is 16.8 Å². The van der Waals surface area contributed by atoms with Crippen LogP contribution < -0.4 is 5.32 Å². The standard InChI is InChI=1S/C15H19ClFNO4S/c1-18-15(19)10-7-11(16)13(14(12(10)17)23(20)21)22-8-9-5-3-2-4-6-9/h7,9,12H,2-6,8H2,1H3,(H,18,19)/i2D2,3D2,4D2,5D2,6D2,9D. The summed E-state index contributed by atoms with van der Waals surface area (Å²) in [6.45, 7) is -1.61. The highest BCUT2D eigenvalue weighted by atomic mass is 35.5. The maximum Gasteiger partial charge on any atom is 0.250 e. The number of likely N-dealkylation sites (N-methyl/N-ethyl adjacent to an activating group) is 1. The van der Waals surface area contributed by atoms with Gasteiger partial charge >= 0.3 is 0 Å². The Morgan fingerprint density at radius 2 is 2.17 bits per heavy atom. The van der Waals surface area contributed by atoms with Gasteiger partial charge in [-0.2, -0.15) is 8.42 Å². The fraction of sp³-hybridized carbons (Fsp3) is 0.600. The van der Waals surface area contributed by atoms with E-state index in [4.69, 9.17) is 31.4 Å². The van der Waals surface area contributed by atoms with Gasteiger partial charge in [-0.15, -0.1) is 0 Å². The van der Waals surface area contributed by atoms with Crippen molar-refractivity contribution in [3.8, 4) is 0 Å². The molecule has 2 rings (SSSR count). The van der Waals surface area contributed by atoms with Crippen LogP contribution in [0.5, 0.6) is 0 Å². The zero-order valence-electron chi connectivity index (χ0n) is 22.7. The minimum atomic E-state index is -3.78. The van der Waals surface area contributed by atoms with Gasteiger partial charge in [-0.3, -0.25) is 4.79 Å². The van der Waals surface area contributed by atoms with E-state index in [0.29, 0.717) is 6.08 Å². The molecule has 2 aliphatic carbocycles. The lowest BCUT2D eigenvalue weighted by Gasteiger charge is -2.25. The van der Waals surface area contributed by atoms with Crippen LogP contribution in [0.4, 0.5) is 4.39 Å². The molecule has 1 atom stereocenters. The summed E-state index contributed by atoms with van der Waals surface area (Å²) in [5.41, 5.74) is -0.733. The first-order valence-corrected chi connectivity index (χ1v) is 7.60. The molecule has 2 aliphatic rings. The summed E-state index contributed by atoms with van der Waals surface area (Å²) >= 11 is 5.93. The van der Waals surface area contributed by atoms with Crippen LogP contribution >= 0.6 is 11.6 Å². The van der Waals surface area contributed by atoms with Crippen LogP contribution in [0.1, 0.15) is 46.9 Å². The first-order valence-electron chi connectivity index (χ1n) is 11.6. The van der Waals surface area contributed by atoms with E-state index in [0.717, 1.165) is 7.05 Å². The Morgan fingerprint density at radius 3 is 2.74 bits per heavy atom. The highest BCUT2D eigenvalue weighted by Gasteiger charge is 2.35. The van der Waals surface area contributed by atoms with Crippen molar-refractivity contribution in [3.63, 3.8) is 0 Å². The van der Waals surface area contributed by atoms with Crippen molar-refractivity contribution < 1.29 is 37.4 Å². The molecule has 5 nitrogen and oxygen atoms in total. The maximum absolute atomic E-state index is 14.8. The normalized spacial score (nSPS) is 42.0. The number of ether oxygens (including phenoxy) is 1. The Hall–Kier alpha value is -1.34. The van der Waals surface area contributed by atoms with Crippen LogP contribution in [0.3, 0.4) is 0 Å². The van der Waals surface area contributed by atoms with Gasteiger partial charge in [0, 0.05) is 22.1 Å². The van der Waals surface area contributed by atoms with Crippen LogP contribution in [0.25, 0.3) is 0 Å². The second-order valence-electron chi connectivity index (χ2n) is 4.21. The largest absolute Gasteiger partial charge is 0.490 e. The van der Waals surface area contributed by atoms with E-state index in [1.54, 1.807) is 0 Å². The molecule has 0 aromatic carbocycles. The highest BCUT2D eigenvalue weighted by molar-refractivity contribution is 7.73. The molecular weight excluding hydrogens is 345 g/mol. The molecule has 0 aromatic rings. The third kappa shape index (κ3) is 4.14. The molecule has 1 amide bonds. The van der Waals surface area contributed by atoms with Gasteiger partial charge in [-0.1, -0.05) is 30.7 Å². The van der Waals surface area contributed by atoms with E-state index in [9.17, 15) is 17.6 Å². The molecule has 0 aliphatic heterocycles. The number of rotatable bonds is 4. The van der Waals surface area contributed by atoms with Crippen LogP contribution in [-0.2, 0) is 19.8 Å². The molecule has 1 fully saturated rings. The van der Waals surface area contributed by atoms with E-state index in [1.807, 2.05) is 0 Å². The minimum Gasteiger partial charge on any atom is -0.490 e. The number of halogens is 2. The smallest absolute Gasteiger partial charge is 0.250 e. The van der Waals surface area contributed by atoms with Crippen molar-refractivity contribution in [3.05, 3.63) is 22.4 Å². The van der Waals surface area contributed by atoms with Crippen LogP contribution in [0, 0.1) is 5.89 Å². The molecule has 1 unspecified atom stereocenters. The first-order chi connectivity index (χ1) is 15.1. The van der Waals surface area contributed by atoms with Gasteiger partial charge in [0.25, 0.3) is 0 Å². The van der Waals surface area contributed by atoms with Crippen molar-refractivity contribution in [2.24, 2.45) is 5.89 Å². The SMILES string of the molecule is [2H]C1([2H])C([2H])([2H])C([2H])([2H])C([2H])(COC2=C(Cl)C=C(C(=O)NC)C(F)C2=S(=O)=O)C([2H])([2H])C1([2H])[2H]. The van der Waals surface area contributed by atoms with Gasteiger partial charge in [0.05, 0.1) is 17.2 Å². The Kier molecular flexibility index (Phi) is 2.83. The summed E-state index contributed by atoms with van der Waals surface area (Å²) in [5.74, 6) is -5.61. The third-order valence-electron chi connectivity index (χ3n) is 2.81. The Morgan fingerprint density at radius 1 is 1.52 bits per heavy atom. The number of carbonyl (C=O) groups is 1. The molecular formula is C15H19ClFNO4S. The van der Waals surface area contributed by atoms with Gasteiger partial charge in [0.1, 0.15) is 0 Å². The Balaban J connectivity index is 2.69. The predicted octanol–water partition coefficient (Wildman–Crippen LogP) is 2.11. The average Bonchev–Trinajstić information content (AvgIpc) is 2.70. The van der Waals surface area contributed by atoms with Crippen molar-refractivity contribution in [2.45, 2.75) is 38.0 Å². The summed E-state index contributed by atoms with van der Waals surface area (Å²) in [4.78, 5) is 10.6. The maximum atomic E-state index is 14.8. The van der Waals surface area contributed by atoms with Crippen molar-refractivity contribution >= 4 is 32.7 Å². The quantitative estimate of drug-likeness (QED) is 0.765. The Labute approximate surface area is 156 Å². The molecule has 0 radical (unpaired) electrons. The minimum absolute atomic E-state index is 0.689. The lowest BCUT2D eigenvalue weighted by molar-refractivity contribution is -0.117. The zero-order chi connectivity index (χ0) is 26.9. The van der Waals surface area contributed by atoms with Gasteiger partial charge in [-0.05, 0) is 24.7 Å². The molecule has 23 heavy (non-hydrogen) atoms. The van der Waals surface area contributed by atoms with Crippen LogP contribution in [-0.4, -0.2) is 39.0 Å². The number of carbonyl (C=O) groups excluding carboxylic acids is 1. The predicted molar refractivity (Wildman–Crippen MR) is 86.4 cm³/mol. The summed E-state index contributed by atoms with van der Waals surface area (Å²) in [5, 5.41) is 1.36. The van der Waals surface area contributed by atoms with Crippen molar-refractivity contribution in [1.82, 2.24) is 5.32 Å². The monoisotopic (exact) mass is 374 g/mol. The number of nitrogens with one attached hydrogen (secondary N) is 1. The first kappa shape index (κ1) is 8.16. The molecule has 0 saturated heterocycles. The number of amides is 1. The van der Waals surface area contributed by atoms with Crippen molar-refractivity contribution in [1.29, 1.82) is 0 Å². The van der Waals surface area contributed by atoms with Gasteiger partial charge in [-0.25, -0.2) is 4.39 Å². The van der Waals surface area contributed by atoms with Gasteiger partial charge < -0.3 is 10.1 Å². The van der Waals surface area contributed by atoms with E-state index in [2.05, 4.69) is 5.32 Å². The van der Waals surface area contributed by atoms with E-state index < -0.39 is 88.0 Å². The molecule has 128 valence electrons. The molecule has 1 saturated carbocycles. The number of alkyl halides is 1. The van der Waals surface area contributed by atoms with Crippen LogP contribution in [0.15, 0.2) is 22.4 Å². The average molecular weight is 375 g/mol. The number of allylic oxidation sites excluding steroid dienone is 3. The fourth-order valence-electron chi connectivity index (χ4n) is 1.77. The summed E-state index contributed by atoms with van der Waals surface area (Å²) < 4.78 is 131. The second kappa shape index (κ2) is 7.97. The molecule has 0 heterocycles. The fourth-order valence-corrected chi connectivity index (χ4v) is 2.71. The van der Waals surface area contributed by atoms with E-state index >= 15 is 0 Å². The summed E-state index contributed by atoms with van der Waals surface area (Å²) in [6.07, 6.45) is -20.8. The lowest BCUT2D eigenvalue weighted by Crippen LogP contribution is -2.34. The van der Waals surface area contributed by atoms with Crippen molar-refractivity contribution in [2.75, 3.05) is 13.7 Å². The zero-order valence-corrected chi connectivity index (χ0v) is 13.2. The Bertz CT molecular complexity index is 1080. The van der Waals surface area contributed by atoms with Crippen LogP contribution in [0.2, 0.25) is 0 Å². The van der Waals surface area contributed by atoms with Gasteiger partial charge in [0.2, 0.25) is 16.2 Å². The molecule has 0 spiro atoms. The highest BCUT2D eigenvalue weighted by Crippen LogP contribution is 2.30. The lowest BCUT2D eigenvalue weighted by atomic mass is 9.90. The molecule has 1 N–H and O–H groups in total. The molecule has 0 bridgehead atoms. The molecule has 0 aromatic heterocycles. The summed E-state index contributed by atoms with van der Waals surface area (Å²) in [6, 6.07) is 0. The molecule has 8 heteroatoms. The topological polar surface area (TPSA) is 72.5 Å². The summed E-state index contributed by atoms with van der Waals surface area (Å²) in [7, 11) is -2.30.